The lowest BCUT2D eigenvalue weighted by atomic mass is 10.0. The number of aryl methyl sites for hydroxylation is 1. The van der Waals surface area contributed by atoms with Gasteiger partial charge in [-0.25, -0.2) is 4.79 Å². The fraction of sp³-hybridized carbons (Fsp3) is 0.615. The summed E-state index contributed by atoms with van der Waals surface area (Å²) >= 11 is 0. The third-order valence-electron chi connectivity index (χ3n) is 2.75. The molecule has 0 atom stereocenters. The number of carboxylic acid groups (broad SMARTS) is 1. The zero-order chi connectivity index (χ0) is 12.0. The van der Waals surface area contributed by atoms with E-state index in [4.69, 9.17) is 9.52 Å². The SMILES string of the molecule is CCCCc1coc(C(=O)O)c1CCCC. The van der Waals surface area contributed by atoms with E-state index in [1.807, 2.05) is 0 Å². The molecule has 3 heteroatoms. The van der Waals surface area contributed by atoms with Crippen LogP contribution in [0.15, 0.2) is 10.7 Å². The molecule has 0 aromatic carbocycles. The van der Waals surface area contributed by atoms with E-state index in [0.717, 1.165) is 49.7 Å². The zero-order valence-corrected chi connectivity index (χ0v) is 10.1. The highest BCUT2D eigenvalue weighted by molar-refractivity contribution is 5.86. The van der Waals surface area contributed by atoms with E-state index in [9.17, 15) is 4.79 Å². The van der Waals surface area contributed by atoms with Gasteiger partial charge in [0.25, 0.3) is 0 Å². The number of hydrogen-bond donors (Lipinski definition) is 1. The van der Waals surface area contributed by atoms with Crippen molar-refractivity contribution in [3.63, 3.8) is 0 Å². The van der Waals surface area contributed by atoms with Crippen LogP contribution in [0.4, 0.5) is 0 Å². The number of unbranched alkanes of at least 4 members (excludes halogenated alkanes) is 2. The zero-order valence-electron chi connectivity index (χ0n) is 10.1. The van der Waals surface area contributed by atoms with Crippen LogP contribution in [-0.2, 0) is 12.8 Å². The Bertz CT molecular complexity index is 339. The molecular formula is C13H20O3. The summed E-state index contributed by atoms with van der Waals surface area (Å²) in [6.07, 6.45) is 7.62. The number of rotatable bonds is 7. The fourth-order valence-corrected chi connectivity index (χ4v) is 1.80. The summed E-state index contributed by atoms with van der Waals surface area (Å²) in [4.78, 5) is 11.0. The molecule has 1 aromatic heterocycles. The largest absolute Gasteiger partial charge is 0.475 e. The summed E-state index contributed by atoms with van der Waals surface area (Å²) in [5.41, 5.74) is 1.98. The van der Waals surface area contributed by atoms with Gasteiger partial charge >= 0.3 is 5.97 Å². The molecule has 0 aliphatic carbocycles. The maximum absolute atomic E-state index is 11.0. The third-order valence-corrected chi connectivity index (χ3v) is 2.75. The molecule has 1 rings (SSSR count). The van der Waals surface area contributed by atoms with Gasteiger partial charge in [0.05, 0.1) is 6.26 Å². The van der Waals surface area contributed by atoms with Gasteiger partial charge in [0, 0.05) is 5.56 Å². The predicted octanol–water partition coefficient (Wildman–Crippen LogP) is 3.66. The van der Waals surface area contributed by atoms with Gasteiger partial charge in [-0.15, -0.1) is 0 Å². The van der Waals surface area contributed by atoms with E-state index < -0.39 is 5.97 Å². The van der Waals surface area contributed by atoms with E-state index in [0.29, 0.717) is 0 Å². The van der Waals surface area contributed by atoms with Crippen LogP contribution in [0.1, 0.15) is 61.2 Å². The highest BCUT2D eigenvalue weighted by Crippen LogP contribution is 2.21. The molecule has 0 spiro atoms. The van der Waals surface area contributed by atoms with E-state index in [2.05, 4.69) is 13.8 Å². The average molecular weight is 224 g/mol. The van der Waals surface area contributed by atoms with Gasteiger partial charge in [-0.3, -0.25) is 0 Å². The quantitative estimate of drug-likeness (QED) is 0.768. The lowest BCUT2D eigenvalue weighted by Crippen LogP contribution is -2.01. The molecule has 0 amide bonds. The summed E-state index contributed by atoms with van der Waals surface area (Å²) in [6, 6.07) is 0. The van der Waals surface area contributed by atoms with Crippen LogP contribution in [0.5, 0.6) is 0 Å². The number of aromatic carboxylic acids is 1. The van der Waals surface area contributed by atoms with Crippen molar-refractivity contribution in [3.8, 4) is 0 Å². The van der Waals surface area contributed by atoms with Gasteiger partial charge in [0.1, 0.15) is 0 Å². The van der Waals surface area contributed by atoms with Crippen molar-refractivity contribution in [1.82, 2.24) is 0 Å². The molecule has 16 heavy (non-hydrogen) atoms. The second-order valence-electron chi connectivity index (χ2n) is 4.08. The van der Waals surface area contributed by atoms with Crippen LogP contribution in [0.3, 0.4) is 0 Å². The first-order valence-electron chi connectivity index (χ1n) is 6.03. The van der Waals surface area contributed by atoms with Crippen LogP contribution in [0, 0.1) is 0 Å². The van der Waals surface area contributed by atoms with Crippen molar-refractivity contribution in [1.29, 1.82) is 0 Å². The van der Waals surface area contributed by atoms with Gasteiger partial charge in [-0.05, 0) is 31.2 Å². The van der Waals surface area contributed by atoms with Crippen molar-refractivity contribution < 1.29 is 14.3 Å². The van der Waals surface area contributed by atoms with Crippen molar-refractivity contribution in [2.24, 2.45) is 0 Å². The molecule has 3 nitrogen and oxygen atoms in total. The van der Waals surface area contributed by atoms with Crippen molar-refractivity contribution in [2.45, 2.75) is 52.4 Å². The van der Waals surface area contributed by atoms with E-state index >= 15 is 0 Å². The second-order valence-corrected chi connectivity index (χ2v) is 4.08. The fourth-order valence-electron chi connectivity index (χ4n) is 1.80. The van der Waals surface area contributed by atoms with E-state index in [1.165, 1.54) is 0 Å². The maximum Gasteiger partial charge on any atom is 0.372 e. The summed E-state index contributed by atoms with van der Waals surface area (Å²) in [5, 5.41) is 9.01. The molecule has 0 radical (unpaired) electrons. The third kappa shape index (κ3) is 3.12. The standard InChI is InChI=1S/C13H20O3/c1-3-5-7-10-9-16-12(13(14)15)11(10)8-6-4-2/h9H,3-8H2,1-2H3,(H,14,15). The highest BCUT2D eigenvalue weighted by atomic mass is 16.4. The molecule has 0 aliphatic heterocycles. The number of carboxylic acids is 1. The van der Waals surface area contributed by atoms with Gasteiger partial charge < -0.3 is 9.52 Å². The smallest absolute Gasteiger partial charge is 0.372 e. The van der Waals surface area contributed by atoms with Crippen LogP contribution in [0.25, 0.3) is 0 Å². The highest BCUT2D eigenvalue weighted by Gasteiger charge is 2.18. The van der Waals surface area contributed by atoms with Gasteiger partial charge in [0.15, 0.2) is 0 Å². The second kappa shape index (κ2) is 6.36. The van der Waals surface area contributed by atoms with E-state index in [-0.39, 0.29) is 5.76 Å². The van der Waals surface area contributed by atoms with Crippen LogP contribution in [0.2, 0.25) is 0 Å². The topological polar surface area (TPSA) is 50.4 Å². The lowest BCUT2D eigenvalue weighted by Gasteiger charge is -2.02. The predicted molar refractivity (Wildman–Crippen MR) is 62.9 cm³/mol. The molecule has 0 saturated carbocycles. The Hall–Kier alpha value is -1.25. The Morgan fingerprint density at radius 1 is 1.25 bits per heavy atom. The Kier molecular flexibility index (Phi) is 5.09. The molecule has 0 fully saturated rings. The first kappa shape index (κ1) is 12.8. The van der Waals surface area contributed by atoms with Gasteiger partial charge in [0.2, 0.25) is 5.76 Å². The summed E-state index contributed by atoms with van der Waals surface area (Å²) in [7, 11) is 0. The minimum atomic E-state index is -0.950. The van der Waals surface area contributed by atoms with Gasteiger partial charge in [-0.1, -0.05) is 26.7 Å². The lowest BCUT2D eigenvalue weighted by molar-refractivity contribution is 0.0660. The molecule has 0 bridgehead atoms. The summed E-state index contributed by atoms with van der Waals surface area (Å²) < 4.78 is 5.15. The van der Waals surface area contributed by atoms with Gasteiger partial charge in [-0.2, -0.15) is 0 Å². The van der Waals surface area contributed by atoms with Crippen LogP contribution in [-0.4, -0.2) is 11.1 Å². The Labute approximate surface area is 96.5 Å². The minimum absolute atomic E-state index is 0.138. The summed E-state index contributed by atoms with van der Waals surface area (Å²) in [6.45, 7) is 4.23. The van der Waals surface area contributed by atoms with Crippen molar-refractivity contribution in [3.05, 3.63) is 23.2 Å². The molecule has 0 unspecified atom stereocenters. The normalized spacial score (nSPS) is 10.6. The van der Waals surface area contributed by atoms with Crippen LogP contribution >= 0.6 is 0 Å². The molecule has 0 aliphatic rings. The molecule has 1 N–H and O–H groups in total. The molecule has 1 aromatic rings. The first-order valence-corrected chi connectivity index (χ1v) is 6.03. The minimum Gasteiger partial charge on any atom is -0.475 e. The Morgan fingerprint density at radius 3 is 2.44 bits per heavy atom. The first-order chi connectivity index (χ1) is 7.70. The van der Waals surface area contributed by atoms with Crippen LogP contribution < -0.4 is 0 Å². The van der Waals surface area contributed by atoms with E-state index in [1.54, 1.807) is 6.26 Å². The number of carbonyl (C=O) groups is 1. The molecule has 0 saturated heterocycles. The van der Waals surface area contributed by atoms with Crippen molar-refractivity contribution in [2.75, 3.05) is 0 Å². The Balaban J connectivity index is 2.85. The molecular weight excluding hydrogens is 204 g/mol. The molecule has 90 valence electrons. The number of hydrogen-bond acceptors (Lipinski definition) is 2. The number of furan rings is 1. The maximum atomic E-state index is 11.0. The monoisotopic (exact) mass is 224 g/mol. The van der Waals surface area contributed by atoms with Crippen molar-refractivity contribution >= 4 is 5.97 Å². The molecule has 1 heterocycles. The summed E-state index contributed by atoms with van der Waals surface area (Å²) in [5.74, 6) is -0.812. The Morgan fingerprint density at radius 2 is 1.88 bits per heavy atom. The average Bonchev–Trinajstić information content (AvgIpc) is 2.66.